The maximum Gasteiger partial charge on any atom is 0.260 e. The van der Waals surface area contributed by atoms with Gasteiger partial charge >= 0.3 is 0 Å². The lowest BCUT2D eigenvalue weighted by molar-refractivity contribution is 0.247. The van der Waals surface area contributed by atoms with E-state index in [1.165, 1.54) is 10.1 Å². The molecule has 7 heteroatoms. The SMILES string of the molecule is O=c1c2cccnc2ccn1CCN1CCN(c2nsc3ccccc23)CC1. The molecule has 5 rings (SSSR count). The van der Waals surface area contributed by atoms with Crippen LogP contribution in [0, 0.1) is 0 Å². The lowest BCUT2D eigenvalue weighted by atomic mass is 10.2. The van der Waals surface area contributed by atoms with Gasteiger partial charge in [-0.15, -0.1) is 0 Å². The quantitative estimate of drug-likeness (QED) is 0.535. The van der Waals surface area contributed by atoms with Crippen molar-refractivity contribution < 1.29 is 0 Å². The molecule has 3 aromatic heterocycles. The predicted molar refractivity (Wildman–Crippen MR) is 114 cm³/mol. The van der Waals surface area contributed by atoms with Gasteiger partial charge in [0.25, 0.3) is 5.56 Å². The number of benzene rings is 1. The Bertz CT molecular complexity index is 1180. The van der Waals surface area contributed by atoms with Crippen LogP contribution in [0.2, 0.25) is 0 Å². The summed E-state index contributed by atoms with van der Waals surface area (Å²) in [6, 6.07) is 14.0. The second kappa shape index (κ2) is 7.33. The van der Waals surface area contributed by atoms with Crippen molar-refractivity contribution in [3.8, 4) is 0 Å². The zero-order valence-electron chi connectivity index (χ0n) is 15.5. The average molecular weight is 392 g/mol. The first kappa shape index (κ1) is 17.3. The summed E-state index contributed by atoms with van der Waals surface area (Å²) >= 11 is 1.57. The number of hydrogen-bond donors (Lipinski definition) is 0. The fourth-order valence-corrected chi connectivity index (χ4v) is 4.62. The molecule has 142 valence electrons. The molecule has 0 atom stereocenters. The van der Waals surface area contributed by atoms with Gasteiger partial charge in [0.1, 0.15) is 5.82 Å². The first-order chi connectivity index (χ1) is 13.8. The van der Waals surface area contributed by atoms with Crippen LogP contribution >= 0.6 is 11.5 Å². The highest BCUT2D eigenvalue weighted by atomic mass is 32.1. The van der Waals surface area contributed by atoms with Crippen LogP contribution in [0.15, 0.2) is 59.7 Å². The summed E-state index contributed by atoms with van der Waals surface area (Å²) in [5, 5.41) is 1.93. The van der Waals surface area contributed by atoms with Crippen LogP contribution in [0.25, 0.3) is 21.0 Å². The van der Waals surface area contributed by atoms with E-state index in [1.807, 2.05) is 24.4 Å². The normalized spacial score (nSPS) is 15.5. The Morgan fingerprint density at radius 2 is 1.75 bits per heavy atom. The molecular formula is C21H21N5OS. The second-order valence-corrected chi connectivity index (χ2v) is 7.89. The molecule has 1 aromatic carbocycles. The minimum Gasteiger partial charge on any atom is -0.353 e. The second-order valence-electron chi connectivity index (χ2n) is 7.08. The van der Waals surface area contributed by atoms with Crippen molar-refractivity contribution in [1.82, 2.24) is 18.8 Å². The van der Waals surface area contributed by atoms with Crippen LogP contribution in [0.1, 0.15) is 0 Å². The van der Waals surface area contributed by atoms with E-state index in [4.69, 9.17) is 0 Å². The monoisotopic (exact) mass is 391 g/mol. The van der Waals surface area contributed by atoms with Gasteiger partial charge in [-0.2, -0.15) is 4.37 Å². The average Bonchev–Trinajstić information content (AvgIpc) is 3.18. The Morgan fingerprint density at radius 3 is 2.64 bits per heavy atom. The van der Waals surface area contributed by atoms with Gasteiger partial charge < -0.3 is 9.47 Å². The van der Waals surface area contributed by atoms with Gasteiger partial charge in [0.15, 0.2) is 0 Å². The summed E-state index contributed by atoms with van der Waals surface area (Å²) in [4.78, 5) is 21.7. The van der Waals surface area contributed by atoms with Gasteiger partial charge in [-0.25, -0.2) is 0 Å². The molecule has 0 aliphatic carbocycles. The summed E-state index contributed by atoms with van der Waals surface area (Å²) in [5.41, 5.74) is 0.797. The van der Waals surface area contributed by atoms with Gasteiger partial charge in [-0.05, 0) is 41.9 Å². The van der Waals surface area contributed by atoms with E-state index in [2.05, 4.69) is 43.4 Å². The molecule has 0 N–H and O–H groups in total. The first-order valence-electron chi connectivity index (χ1n) is 9.55. The van der Waals surface area contributed by atoms with E-state index in [1.54, 1.807) is 22.3 Å². The van der Waals surface area contributed by atoms with E-state index in [9.17, 15) is 4.79 Å². The topological polar surface area (TPSA) is 54.3 Å². The Kier molecular flexibility index (Phi) is 4.54. The molecule has 0 spiro atoms. The smallest absolute Gasteiger partial charge is 0.260 e. The van der Waals surface area contributed by atoms with Crippen molar-refractivity contribution >= 4 is 38.3 Å². The minimum atomic E-state index is 0.0400. The van der Waals surface area contributed by atoms with Crippen molar-refractivity contribution in [1.29, 1.82) is 0 Å². The highest BCUT2D eigenvalue weighted by molar-refractivity contribution is 7.13. The lowest BCUT2D eigenvalue weighted by Crippen LogP contribution is -2.47. The molecule has 0 saturated carbocycles. The highest BCUT2D eigenvalue weighted by Crippen LogP contribution is 2.29. The third-order valence-corrected chi connectivity index (χ3v) is 6.25. The molecule has 0 bridgehead atoms. The number of nitrogens with zero attached hydrogens (tertiary/aromatic N) is 5. The Hall–Kier alpha value is -2.77. The molecular weight excluding hydrogens is 370 g/mol. The first-order valence-corrected chi connectivity index (χ1v) is 10.3. The minimum absolute atomic E-state index is 0.0400. The van der Waals surface area contributed by atoms with Gasteiger partial charge in [-0.1, -0.05) is 12.1 Å². The van der Waals surface area contributed by atoms with Crippen molar-refractivity contribution in [3.05, 3.63) is 65.2 Å². The van der Waals surface area contributed by atoms with Gasteiger partial charge in [-0.3, -0.25) is 14.7 Å². The molecule has 1 fully saturated rings. The van der Waals surface area contributed by atoms with Crippen molar-refractivity contribution in [2.75, 3.05) is 37.6 Å². The molecule has 6 nitrogen and oxygen atoms in total. The number of rotatable bonds is 4. The summed E-state index contributed by atoms with van der Waals surface area (Å²) in [6.07, 6.45) is 3.58. The largest absolute Gasteiger partial charge is 0.353 e. The van der Waals surface area contributed by atoms with Crippen molar-refractivity contribution in [3.63, 3.8) is 0 Å². The van der Waals surface area contributed by atoms with Crippen molar-refractivity contribution in [2.24, 2.45) is 0 Å². The van der Waals surface area contributed by atoms with E-state index in [-0.39, 0.29) is 5.56 Å². The molecule has 1 aliphatic rings. The number of piperazine rings is 1. The van der Waals surface area contributed by atoms with Crippen LogP contribution in [-0.2, 0) is 6.54 Å². The third-order valence-electron chi connectivity index (χ3n) is 5.43. The van der Waals surface area contributed by atoms with E-state index in [0.29, 0.717) is 11.9 Å². The van der Waals surface area contributed by atoms with Crippen LogP contribution < -0.4 is 10.5 Å². The molecule has 0 radical (unpaired) electrons. The molecule has 1 saturated heterocycles. The van der Waals surface area contributed by atoms with E-state index >= 15 is 0 Å². The fourth-order valence-electron chi connectivity index (χ4n) is 3.82. The van der Waals surface area contributed by atoms with Gasteiger partial charge in [0.2, 0.25) is 0 Å². The molecule has 0 unspecified atom stereocenters. The standard InChI is InChI=1S/C21H21N5OS/c27-21-16-5-3-8-22-18(16)7-9-26(21)15-12-24-10-13-25(14-11-24)20-17-4-1-2-6-19(17)28-23-20/h1-9H,10-15H2. The fraction of sp³-hybridized carbons (Fsp3) is 0.286. The van der Waals surface area contributed by atoms with Gasteiger partial charge in [0.05, 0.1) is 15.6 Å². The maximum absolute atomic E-state index is 12.6. The van der Waals surface area contributed by atoms with E-state index in [0.717, 1.165) is 44.1 Å². The zero-order chi connectivity index (χ0) is 18.9. The Labute approximate surface area is 166 Å². The van der Waals surface area contributed by atoms with E-state index < -0.39 is 0 Å². The third kappa shape index (κ3) is 3.16. The van der Waals surface area contributed by atoms with Crippen LogP contribution in [0.3, 0.4) is 0 Å². The summed E-state index contributed by atoms with van der Waals surface area (Å²) in [5.74, 6) is 1.11. The van der Waals surface area contributed by atoms with Crippen LogP contribution in [0.5, 0.6) is 0 Å². The summed E-state index contributed by atoms with van der Waals surface area (Å²) < 4.78 is 7.71. The maximum atomic E-state index is 12.6. The van der Waals surface area contributed by atoms with Crippen LogP contribution in [0.4, 0.5) is 5.82 Å². The molecule has 4 heterocycles. The Morgan fingerprint density at radius 1 is 0.929 bits per heavy atom. The Balaban J connectivity index is 1.23. The number of anilines is 1. The number of pyridine rings is 2. The van der Waals surface area contributed by atoms with Gasteiger partial charge in [0, 0.05) is 57.0 Å². The van der Waals surface area contributed by atoms with Crippen molar-refractivity contribution in [2.45, 2.75) is 6.54 Å². The molecule has 0 amide bonds. The molecule has 1 aliphatic heterocycles. The summed E-state index contributed by atoms with van der Waals surface area (Å²) in [6.45, 7) is 5.46. The molecule has 28 heavy (non-hydrogen) atoms. The predicted octanol–water partition coefficient (Wildman–Crippen LogP) is 2.83. The molecule has 4 aromatic rings. The number of hydrogen-bond acceptors (Lipinski definition) is 6. The number of aromatic nitrogens is 3. The lowest BCUT2D eigenvalue weighted by Gasteiger charge is -2.35. The highest BCUT2D eigenvalue weighted by Gasteiger charge is 2.20. The number of fused-ring (bicyclic) bond motifs is 2. The van der Waals surface area contributed by atoms with Crippen LogP contribution in [-0.4, -0.2) is 51.5 Å². The summed E-state index contributed by atoms with van der Waals surface area (Å²) in [7, 11) is 0. The zero-order valence-corrected chi connectivity index (χ0v) is 16.3.